The molecule has 0 aliphatic carbocycles. The van der Waals surface area contributed by atoms with Crippen molar-refractivity contribution in [2.75, 3.05) is 6.54 Å². The van der Waals surface area contributed by atoms with Crippen LogP contribution in [0.25, 0.3) is 11.3 Å². The molecule has 3 aromatic rings. The zero-order chi connectivity index (χ0) is 22.7. The summed E-state index contributed by atoms with van der Waals surface area (Å²) in [4.78, 5) is 26.7. The van der Waals surface area contributed by atoms with E-state index in [1.807, 2.05) is 67.6 Å². The zero-order valence-corrected chi connectivity index (χ0v) is 18.7. The molecule has 0 bridgehead atoms. The van der Waals surface area contributed by atoms with Gasteiger partial charge in [-0.15, -0.1) is 10.2 Å². The highest BCUT2D eigenvalue weighted by molar-refractivity contribution is 6.29. The van der Waals surface area contributed by atoms with Gasteiger partial charge in [0, 0.05) is 18.5 Å². The largest absolute Gasteiger partial charge is 0.437 e. The fourth-order valence-electron chi connectivity index (χ4n) is 4.18. The van der Waals surface area contributed by atoms with E-state index in [0.717, 1.165) is 22.4 Å². The predicted octanol–water partition coefficient (Wildman–Crippen LogP) is 5.57. The predicted molar refractivity (Wildman–Crippen MR) is 122 cm³/mol. The Bertz CT molecular complexity index is 1100. The van der Waals surface area contributed by atoms with Crippen LogP contribution in [-0.2, 0) is 15.1 Å². The monoisotopic (exact) mass is 449 g/mol. The lowest BCUT2D eigenvalue weighted by Gasteiger charge is -2.43. The maximum absolute atomic E-state index is 13.1. The standard InChI is InChI=1S/C25H24ClN3O3/c1-17(30)16-25(21-6-4-3-5-7-21)14-15-29(24(31)32-25)18(2)19-8-10-20(11-9-19)22-12-13-23(26)28-27-22/h3-13,18H,14-16H2,1-2H3/t18-,25-/m0/s1. The number of cyclic esters (lactones) is 1. The molecule has 2 atom stereocenters. The molecule has 4 rings (SSSR count). The average molecular weight is 450 g/mol. The highest BCUT2D eigenvalue weighted by atomic mass is 35.5. The zero-order valence-electron chi connectivity index (χ0n) is 18.0. The molecule has 0 spiro atoms. The Labute approximate surface area is 192 Å². The van der Waals surface area contributed by atoms with Gasteiger partial charge < -0.3 is 9.64 Å². The Hall–Kier alpha value is -3.25. The number of carbonyl (C=O) groups excluding carboxylic acids is 2. The van der Waals surface area contributed by atoms with Crippen LogP contribution in [0.5, 0.6) is 0 Å². The van der Waals surface area contributed by atoms with Crippen LogP contribution < -0.4 is 0 Å². The lowest BCUT2D eigenvalue weighted by Crippen LogP contribution is -2.49. The molecule has 7 heteroatoms. The number of amides is 1. The second kappa shape index (κ2) is 9.09. The van der Waals surface area contributed by atoms with Crippen molar-refractivity contribution >= 4 is 23.5 Å². The van der Waals surface area contributed by atoms with Gasteiger partial charge in [-0.2, -0.15) is 0 Å². The third-order valence-electron chi connectivity index (χ3n) is 5.90. The normalized spacial score (nSPS) is 19.3. The van der Waals surface area contributed by atoms with Gasteiger partial charge in [-0.05, 0) is 37.1 Å². The van der Waals surface area contributed by atoms with E-state index < -0.39 is 11.7 Å². The number of hydrogen-bond acceptors (Lipinski definition) is 5. The van der Waals surface area contributed by atoms with Crippen molar-refractivity contribution in [3.05, 3.63) is 83.0 Å². The van der Waals surface area contributed by atoms with E-state index in [0.29, 0.717) is 18.1 Å². The minimum Gasteiger partial charge on any atom is -0.437 e. The van der Waals surface area contributed by atoms with Gasteiger partial charge in [-0.3, -0.25) is 4.79 Å². The first-order valence-electron chi connectivity index (χ1n) is 10.5. The molecule has 6 nitrogen and oxygen atoms in total. The number of ketones is 1. The van der Waals surface area contributed by atoms with Crippen molar-refractivity contribution in [2.45, 2.75) is 38.3 Å². The molecule has 32 heavy (non-hydrogen) atoms. The lowest BCUT2D eigenvalue weighted by atomic mass is 9.84. The summed E-state index contributed by atoms with van der Waals surface area (Å²) < 4.78 is 5.97. The van der Waals surface area contributed by atoms with Crippen LogP contribution in [0.3, 0.4) is 0 Å². The van der Waals surface area contributed by atoms with Gasteiger partial charge in [0.2, 0.25) is 0 Å². The van der Waals surface area contributed by atoms with Gasteiger partial charge in [0.1, 0.15) is 11.4 Å². The maximum Gasteiger partial charge on any atom is 0.411 e. The van der Waals surface area contributed by atoms with Crippen LogP contribution >= 0.6 is 11.6 Å². The minimum atomic E-state index is -0.919. The van der Waals surface area contributed by atoms with Crippen molar-refractivity contribution in [1.82, 2.24) is 15.1 Å². The molecular formula is C25H24ClN3O3. The molecule has 1 saturated heterocycles. The van der Waals surface area contributed by atoms with Crippen LogP contribution in [-0.4, -0.2) is 33.5 Å². The molecule has 0 unspecified atom stereocenters. The third kappa shape index (κ3) is 4.50. The molecule has 0 saturated carbocycles. The Balaban J connectivity index is 1.52. The summed E-state index contributed by atoms with van der Waals surface area (Å²) >= 11 is 5.81. The summed E-state index contributed by atoms with van der Waals surface area (Å²) in [6.45, 7) is 3.99. The molecule has 1 aromatic heterocycles. The smallest absolute Gasteiger partial charge is 0.411 e. The van der Waals surface area contributed by atoms with Crippen LogP contribution in [0.2, 0.25) is 5.15 Å². The number of carbonyl (C=O) groups is 2. The molecule has 0 N–H and O–H groups in total. The van der Waals surface area contributed by atoms with Gasteiger partial charge in [0.25, 0.3) is 0 Å². The highest BCUT2D eigenvalue weighted by Gasteiger charge is 2.44. The minimum absolute atomic E-state index is 0.0101. The number of nitrogens with zero attached hydrogens (tertiary/aromatic N) is 3. The summed E-state index contributed by atoms with van der Waals surface area (Å²) in [5.74, 6) is -0.0101. The first kappa shape index (κ1) is 22.0. The number of benzene rings is 2. The van der Waals surface area contributed by atoms with Gasteiger partial charge in [0.05, 0.1) is 18.2 Å². The fourth-order valence-corrected chi connectivity index (χ4v) is 4.28. The van der Waals surface area contributed by atoms with Gasteiger partial charge in [0.15, 0.2) is 5.15 Å². The third-order valence-corrected chi connectivity index (χ3v) is 6.10. The number of hydrogen-bond donors (Lipinski definition) is 0. The van der Waals surface area contributed by atoms with Crippen molar-refractivity contribution in [2.24, 2.45) is 0 Å². The number of ether oxygens (including phenoxy) is 1. The Morgan fingerprint density at radius 2 is 1.81 bits per heavy atom. The van der Waals surface area contributed by atoms with E-state index in [4.69, 9.17) is 16.3 Å². The van der Waals surface area contributed by atoms with Crippen molar-refractivity contribution in [1.29, 1.82) is 0 Å². The van der Waals surface area contributed by atoms with Crippen LogP contribution in [0.4, 0.5) is 4.79 Å². The van der Waals surface area contributed by atoms with E-state index in [-0.39, 0.29) is 18.2 Å². The van der Waals surface area contributed by atoms with Gasteiger partial charge in [-0.25, -0.2) is 4.79 Å². The van der Waals surface area contributed by atoms with Crippen LogP contribution in [0, 0.1) is 0 Å². The molecule has 1 aliphatic rings. The quantitative estimate of drug-likeness (QED) is 0.491. The van der Waals surface area contributed by atoms with Crippen molar-refractivity contribution in [3.8, 4) is 11.3 Å². The van der Waals surface area contributed by atoms with E-state index in [9.17, 15) is 9.59 Å². The van der Waals surface area contributed by atoms with Crippen molar-refractivity contribution in [3.63, 3.8) is 0 Å². The van der Waals surface area contributed by atoms with Crippen molar-refractivity contribution < 1.29 is 14.3 Å². The van der Waals surface area contributed by atoms with E-state index in [2.05, 4.69) is 10.2 Å². The highest BCUT2D eigenvalue weighted by Crippen LogP contribution is 2.39. The van der Waals surface area contributed by atoms with E-state index >= 15 is 0 Å². The van der Waals surface area contributed by atoms with E-state index in [1.165, 1.54) is 6.92 Å². The Kier molecular flexibility index (Phi) is 6.24. The molecule has 1 aliphatic heterocycles. The van der Waals surface area contributed by atoms with Gasteiger partial charge in [-0.1, -0.05) is 66.2 Å². The topological polar surface area (TPSA) is 72.4 Å². The summed E-state index contributed by atoms with van der Waals surface area (Å²) in [5.41, 5.74) is 2.55. The summed E-state index contributed by atoms with van der Waals surface area (Å²) in [6.07, 6.45) is 0.300. The molecule has 0 radical (unpaired) electrons. The molecule has 164 valence electrons. The Morgan fingerprint density at radius 1 is 1.09 bits per heavy atom. The molecule has 2 heterocycles. The number of rotatable bonds is 6. The fraction of sp³-hybridized carbons (Fsp3) is 0.280. The average Bonchev–Trinajstić information content (AvgIpc) is 2.79. The number of halogens is 1. The first-order valence-corrected chi connectivity index (χ1v) is 10.9. The lowest BCUT2D eigenvalue weighted by molar-refractivity contribution is -0.126. The maximum atomic E-state index is 13.1. The molecular weight excluding hydrogens is 426 g/mol. The SMILES string of the molecule is CC(=O)C[C@]1(c2ccccc2)CCN([C@@H](C)c2ccc(-c3ccc(Cl)nn3)cc2)C(=O)O1. The Morgan fingerprint density at radius 3 is 2.41 bits per heavy atom. The van der Waals surface area contributed by atoms with Crippen LogP contribution in [0.1, 0.15) is 43.9 Å². The second-order valence-corrected chi connectivity index (χ2v) is 8.48. The first-order chi connectivity index (χ1) is 15.4. The summed E-state index contributed by atoms with van der Waals surface area (Å²) in [7, 11) is 0. The molecule has 1 amide bonds. The molecule has 2 aromatic carbocycles. The van der Waals surface area contributed by atoms with Crippen LogP contribution in [0.15, 0.2) is 66.7 Å². The summed E-state index contributed by atoms with van der Waals surface area (Å²) in [5, 5.41) is 8.32. The molecule has 1 fully saturated rings. The number of aromatic nitrogens is 2. The number of Topliss-reactive ketones (excluding diaryl/α,β-unsaturated/α-hetero) is 1. The summed E-state index contributed by atoms with van der Waals surface area (Å²) in [6, 6.07) is 20.7. The van der Waals surface area contributed by atoms with Gasteiger partial charge >= 0.3 is 6.09 Å². The second-order valence-electron chi connectivity index (χ2n) is 8.09. The van der Waals surface area contributed by atoms with E-state index in [1.54, 1.807) is 11.0 Å².